The molecule has 0 unspecified atom stereocenters. The van der Waals surface area contributed by atoms with E-state index in [9.17, 15) is 4.79 Å². The monoisotopic (exact) mass is 301 g/mol. The molecule has 0 bridgehead atoms. The van der Waals surface area contributed by atoms with Gasteiger partial charge in [0.05, 0.1) is 5.92 Å². The van der Waals surface area contributed by atoms with Gasteiger partial charge in [-0.25, -0.2) is 0 Å². The number of piperidine rings is 1. The van der Waals surface area contributed by atoms with Crippen molar-refractivity contribution < 1.29 is 4.79 Å². The second-order valence-electron chi connectivity index (χ2n) is 6.48. The average molecular weight is 301 g/mol. The van der Waals surface area contributed by atoms with Crippen LogP contribution in [0.2, 0.25) is 0 Å². The predicted octanol–water partition coefficient (Wildman–Crippen LogP) is 1.55. The molecular formula is C18H27N3O. The summed E-state index contributed by atoms with van der Waals surface area (Å²) in [6.07, 6.45) is 4.33. The Morgan fingerprint density at radius 3 is 3.00 bits per heavy atom. The molecule has 1 atom stereocenters. The Morgan fingerprint density at radius 1 is 1.32 bits per heavy atom. The lowest BCUT2D eigenvalue weighted by molar-refractivity contribution is -0.125. The van der Waals surface area contributed by atoms with E-state index in [-0.39, 0.29) is 11.8 Å². The van der Waals surface area contributed by atoms with Crippen LogP contribution in [0.25, 0.3) is 0 Å². The minimum atomic E-state index is 0.176. The number of fused-ring (bicyclic) bond motifs is 1. The van der Waals surface area contributed by atoms with Crippen LogP contribution in [-0.2, 0) is 17.8 Å². The Hall–Kier alpha value is -1.39. The minimum absolute atomic E-state index is 0.176. The molecule has 0 aromatic heterocycles. The highest BCUT2D eigenvalue weighted by molar-refractivity contribution is 5.78. The number of nitrogens with one attached hydrogen (secondary N) is 2. The zero-order valence-corrected chi connectivity index (χ0v) is 13.3. The van der Waals surface area contributed by atoms with Gasteiger partial charge in [0.1, 0.15) is 0 Å². The van der Waals surface area contributed by atoms with Crippen molar-refractivity contribution >= 4 is 5.91 Å². The first-order valence-electron chi connectivity index (χ1n) is 8.60. The molecule has 1 amide bonds. The molecule has 0 saturated carbocycles. The SMILES string of the molecule is O=C(NCCCN1CCc2ccccc2C1)[C@@H]1CCCNC1. The van der Waals surface area contributed by atoms with Crippen molar-refractivity contribution in [1.29, 1.82) is 0 Å². The van der Waals surface area contributed by atoms with Gasteiger partial charge in [-0.05, 0) is 43.4 Å². The number of hydrogen-bond donors (Lipinski definition) is 2. The molecule has 4 nitrogen and oxygen atoms in total. The number of carbonyl (C=O) groups excluding carboxylic acids is 1. The zero-order valence-electron chi connectivity index (χ0n) is 13.3. The van der Waals surface area contributed by atoms with E-state index in [2.05, 4.69) is 39.8 Å². The second kappa shape index (κ2) is 7.75. The number of amides is 1. The molecule has 0 aliphatic carbocycles. The van der Waals surface area contributed by atoms with Crippen LogP contribution in [0, 0.1) is 5.92 Å². The van der Waals surface area contributed by atoms with Crippen LogP contribution in [0.1, 0.15) is 30.4 Å². The van der Waals surface area contributed by atoms with Crippen molar-refractivity contribution in [1.82, 2.24) is 15.5 Å². The van der Waals surface area contributed by atoms with Crippen molar-refractivity contribution in [2.24, 2.45) is 5.92 Å². The van der Waals surface area contributed by atoms with Gasteiger partial charge in [-0.1, -0.05) is 24.3 Å². The lowest BCUT2D eigenvalue weighted by Crippen LogP contribution is -2.41. The highest BCUT2D eigenvalue weighted by Gasteiger charge is 2.20. The standard InChI is InChI=1S/C18H27N3O/c22-18(16-7-3-9-19-13-16)20-10-4-11-21-12-8-15-5-1-2-6-17(15)14-21/h1-2,5-6,16,19H,3-4,7-14H2,(H,20,22)/t16-/m1/s1. The van der Waals surface area contributed by atoms with E-state index in [0.717, 1.165) is 65.0 Å². The maximum Gasteiger partial charge on any atom is 0.224 e. The fourth-order valence-corrected chi connectivity index (χ4v) is 3.48. The highest BCUT2D eigenvalue weighted by Crippen LogP contribution is 2.18. The third kappa shape index (κ3) is 4.08. The molecule has 22 heavy (non-hydrogen) atoms. The van der Waals surface area contributed by atoms with Gasteiger partial charge in [-0.15, -0.1) is 0 Å². The van der Waals surface area contributed by atoms with Crippen molar-refractivity contribution in [3.05, 3.63) is 35.4 Å². The van der Waals surface area contributed by atoms with E-state index < -0.39 is 0 Å². The second-order valence-corrected chi connectivity index (χ2v) is 6.48. The molecule has 2 aliphatic heterocycles. The Morgan fingerprint density at radius 2 is 2.18 bits per heavy atom. The molecular weight excluding hydrogens is 274 g/mol. The molecule has 1 aromatic rings. The summed E-state index contributed by atoms with van der Waals surface area (Å²) in [6.45, 7) is 5.95. The molecule has 4 heteroatoms. The first kappa shape index (κ1) is 15.5. The summed E-state index contributed by atoms with van der Waals surface area (Å²) in [5.41, 5.74) is 2.96. The Balaban J connectivity index is 1.35. The fraction of sp³-hybridized carbons (Fsp3) is 0.611. The average Bonchev–Trinajstić information content (AvgIpc) is 2.59. The molecule has 1 fully saturated rings. The van der Waals surface area contributed by atoms with Crippen LogP contribution < -0.4 is 10.6 Å². The highest BCUT2D eigenvalue weighted by atomic mass is 16.1. The summed E-state index contributed by atoms with van der Waals surface area (Å²) in [7, 11) is 0. The molecule has 2 aliphatic rings. The van der Waals surface area contributed by atoms with Crippen molar-refractivity contribution in [2.45, 2.75) is 32.2 Å². The number of carbonyl (C=O) groups is 1. The topological polar surface area (TPSA) is 44.4 Å². The molecule has 2 heterocycles. The maximum atomic E-state index is 12.0. The van der Waals surface area contributed by atoms with Gasteiger partial charge >= 0.3 is 0 Å². The molecule has 3 rings (SSSR count). The summed E-state index contributed by atoms with van der Waals surface area (Å²) in [4.78, 5) is 14.5. The van der Waals surface area contributed by atoms with Crippen LogP contribution in [0.3, 0.4) is 0 Å². The van der Waals surface area contributed by atoms with Gasteiger partial charge in [-0.3, -0.25) is 9.69 Å². The largest absolute Gasteiger partial charge is 0.356 e. The summed E-state index contributed by atoms with van der Waals surface area (Å²) in [5, 5.41) is 6.40. The normalized spacial score (nSPS) is 22.1. The van der Waals surface area contributed by atoms with Crippen LogP contribution in [0.15, 0.2) is 24.3 Å². The van der Waals surface area contributed by atoms with Crippen molar-refractivity contribution in [2.75, 3.05) is 32.7 Å². The number of nitrogens with zero attached hydrogens (tertiary/aromatic N) is 1. The van der Waals surface area contributed by atoms with Crippen LogP contribution >= 0.6 is 0 Å². The smallest absolute Gasteiger partial charge is 0.224 e. The van der Waals surface area contributed by atoms with Crippen LogP contribution in [0.4, 0.5) is 0 Å². The molecule has 1 saturated heterocycles. The first-order valence-corrected chi connectivity index (χ1v) is 8.60. The Kier molecular flexibility index (Phi) is 5.46. The number of benzene rings is 1. The molecule has 0 radical (unpaired) electrons. The zero-order chi connectivity index (χ0) is 15.2. The molecule has 2 N–H and O–H groups in total. The van der Waals surface area contributed by atoms with Gasteiger partial charge in [0.15, 0.2) is 0 Å². The maximum absolute atomic E-state index is 12.0. The Labute approximate surface area is 133 Å². The van der Waals surface area contributed by atoms with E-state index in [1.54, 1.807) is 0 Å². The predicted molar refractivity (Wildman–Crippen MR) is 88.6 cm³/mol. The van der Waals surface area contributed by atoms with Crippen molar-refractivity contribution in [3.8, 4) is 0 Å². The summed E-state index contributed by atoms with van der Waals surface area (Å²) in [6, 6.07) is 8.73. The van der Waals surface area contributed by atoms with Crippen LogP contribution in [0.5, 0.6) is 0 Å². The van der Waals surface area contributed by atoms with E-state index in [1.165, 1.54) is 11.1 Å². The Bertz CT molecular complexity index is 497. The number of hydrogen-bond acceptors (Lipinski definition) is 3. The van der Waals surface area contributed by atoms with Gasteiger partial charge in [0, 0.05) is 32.7 Å². The minimum Gasteiger partial charge on any atom is -0.356 e. The van der Waals surface area contributed by atoms with Gasteiger partial charge in [0.25, 0.3) is 0 Å². The van der Waals surface area contributed by atoms with Gasteiger partial charge in [-0.2, -0.15) is 0 Å². The van der Waals surface area contributed by atoms with Gasteiger partial charge < -0.3 is 10.6 Å². The first-order chi connectivity index (χ1) is 10.8. The van der Waals surface area contributed by atoms with Gasteiger partial charge in [0.2, 0.25) is 5.91 Å². The third-order valence-corrected chi connectivity index (χ3v) is 4.83. The lowest BCUT2D eigenvalue weighted by atomic mass is 9.99. The van der Waals surface area contributed by atoms with E-state index >= 15 is 0 Å². The summed E-state index contributed by atoms with van der Waals surface area (Å²) >= 11 is 0. The van der Waals surface area contributed by atoms with Crippen molar-refractivity contribution in [3.63, 3.8) is 0 Å². The van der Waals surface area contributed by atoms with E-state index in [1.807, 2.05) is 0 Å². The third-order valence-electron chi connectivity index (χ3n) is 4.83. The molecule has 120 valence electrons. The van der Waals surface area contributed by atoms with E-state index in [0.29, 0.717) is 0 Å². The quantitative estimate of drug-likeness (QED) is 0.811. The summed E-state index contributed by atoms with van der Waals surface area (Å²) in [5.74, 6) is 0.409. The molecule has 0 spiro atoms. The van der Waals surface area contributed by atoms with E-state index in [4.69, 9.17) is 0 Å². The lowest BCUT2D eigenvalue weighted by Gasteiger charge is -2.28. The fourth-order valence-electron chi connectivity index (χ4n) is 3.48. The van der Waals surface area contributed by atoms with Crippen LogP contribution in [-0.4, -0.2) is 43.5 Å². The number of rotatable bonds is 5. The summed E-state index contributed by atoms with van der Waals surface area (Å²) < 4.78 is 0. The molecule has 1 aromatic carbocycles.